The molecule has 1 saturated carbocycles. The number of fused-ring (bicyclic) bond motifs is 1. The van der Waals surface area contributed by atoms with Crippen LogP contribution >= 0.6 is 0 Å². The van der Waals surface area contributed by atoms with Crippen molar-refractivity contribution < 1.29 is 9.53 Å². The Morgan fingerprint density at radius 1 is 1.37 bits per heavy atom. The lowest BCUT2D eigenvalue weighted by atomic mass is 9.93. The van der Waals surface area contributed by atoms with Crippen LogP contribution in [0.15, 0.2) is 24.5 Å². The summed E-state index contributed by atoms with van der Waals surface area (Å²) < 4.78 is 7.57. The zero-order chi connectivity index (χ0) is 18.8. The number of methoxy groups -OCH3 is 1. The summed E-state index contributed by atoms with van der Waals surface area (Å²) >= 11 is 0. The summed E-state index contributed by atoms with van der Waals surface area (Å²) in [6, 6.07) is 4.54. The summed E-state index contributed by atoms with van der Waals surface area (Å²) in [4.78, 5) is 23.6. The lowest BCUT2D eigenvalue weighted by Gasteiger charge is -2.33. The summed E-state index contributed by atoms with van der Waals surface area (Å²) in [6.07, 6.45) is 7.58. The van der Waals surface area contributed by atoms with Crippen molar-refractivity contribution in [1.82, 2.24) is 24.8 Å². The van der Waals surface area contributed by atoms with Crippen molar-refractivity contribution in [3.8, 4) is 5.88 Å². The molecule has 1 aliphatic carbocycles. The van der Waals surface area contributed by atoms with E-state index in [1.807, 2.05) is 12.3 Å². The van der Waals surface area contributed by atoms with Crippen molar-refractivity contribution in [2.75, 3.05) is 13.7 Å². The van der Waals surface area contributed by atoms with Gasteiger partial charge in [-0.2, -0.15) is 0 Å². The third kappa shape index (κ3) is 3.83. The Kier molecular flexibility index (Phi) is 5.11. The van der Waals surface area contributed by atoms with Crippen molar-refractivity contribution in [2.24, 2.45) is 0 Å². The average molecular weight is 369 g/mol. The van der Waals surface area contributed by atoms with Crippen LogP contribution in [0.3, 0.4) is 0 Å². The average Bonchev–Trinajstić information content (AvgIpc) is 3.04. The van der Waals surface area contributed by atoms with E-state index in [0.29, 0.717) is 18.3 Å². The predicted molar refractivity (Wildman–Crippen MR) is 101 cm³/mol. The van der Waals surface area contributed by atoms with E-state index < -0.39 is 0 Å². The maximum Gasteiger partial charge on any atom is 0.226 e. The van der Waals surface area contributed by atoms with Crippen molar-refractivity contribution in [3.05, 3.63) is 41.6 Å². The maximum absolute atomic E-state index is 12.2. The number of rotatable bonds is 6. The largest absolute Gasteiger partial charge is 0.481 e. The van der Waals surface area contributed by atoms with Gasteiger partial charge in [0.05, 0.1) is 25.3 Å². The smallest absolute Gasteiger partial charge is 0.226 e. The molecule has 1 N–H and O–H groups in total. The first-order valence-electron chi connectivity index (χ1n) is 9.71. The first-order valence-corrected chi connectivity index (χ1v) is 9.71. The lowest BCUT2D eigenvalue weighted by Crippen LogP contribution is -2.40. The van der Waals surface area contributed by atoms with E-state index in [0.717, 1.165) is 49.6 Å². The highest BCUT2D eigenvalue weighted by Gasteiger charge is 2.28. The summed E-state index contributed by atoms with van der Waals surface area (Å²) in [7, 11) is 1.65. The number of hydrogen-bond donors (Lipinski definition) is 1. The second-order valence-electron chi connectivity index (χ2n) is 7.47. The number of nitrogens with zero attached hydrogens (tertiary/aromatic N) is 4. The quantitative estimate of drug-likeness (QED) is 0.844. The second kappa shape index (κ2) is 7.68. The van der Waals surface area contributed by atoms with Gasteiger partial charge in [0.15, 0.2) is 0 Å². The van der Waals surface area contributed by atoms with Gasteiger partial charge in [-0.3, -0.25) is 9.69 Å². The van der Waals surface area contributed by atoms with Gasteiger partial charge in [-0.1, -0.05) is 6.07 Å². The van der Waals surface area contributed by atoms with E-state index in [1.165, 1.54) is 6.42 Å². The second-order valence-corrected chi connectivity index (χ2v) is 7.47. The first kappa shape index (κ1) is 18.0. The Labute approximate surface area is 159 Å². The molecule has 144 valence electrons. The number of carbonyl (C=O) groups excluding carboxylic acids is 1. The summed E-state index contributed by atoms with van der Waals surface area (Å²) in [5.41, 5.74) is 1.93. The van der Waals surface area contributed by atoms with Gasteiger partial charge < -0.3 is 14.6 Å². The van der Waals surface area contributed by atoms with E-state index >= 15 is 0 Å². The van der Waals surface area contributed by atoms with Crippen molar-refractivity contribution in [1.29, 1.82) is 0 Å². The molecule has 1 atom stereocenters. The molecule has 0 radical (unpaired) electrons. The Morgan fingerprint density at radius 3 is 2.96 bits per heavy atom. The third-order valence-corrected chi connectivity index (χ3v) is 5.64. The molecular weight excluding hydrogens is 342 g/mol. The standard InChI is InChI=1S/C20H27N5O2/c1-14-19-23-17(11-18(26)22-16-6-3-7-16)13-25(19)10-9-24(14)12-15-5-4-8-21-20(15)27-2/h4-5,8,13-14,16H,3,6-7,9-12H2,1-2H3,(H,22,26)/t14-/m0/s1. The predicted octanol–water partition coefficient (Wildman–Crippen LogP) is 2.07. The molecule has 0 aromatic carbocycles. The minimum Gasteiger partial charge on any atom is -0.481 e. The summed E-state index contributed by atoms with van der Waals surface area (Å²) in [6.45, 7) is 4.73. The monoisotopic (exact) mass is 369 g/mol. The first-order chi connectivity index (χ1) is 13.1. The van der Waals surface area contributed by atoms with Crippen LogP contribution in [0, 0.1) is 0 Å². The summed E-state index contributed by atoms with van der Waals surface area (Å²) in [5, 5.41) is 3.09. The van der Waals surface area contributed by atoms with Gasteiger partial charge in [-0.15, -0.1) is 0 Å². The molecule has 0 bridgehead atoms. The van der Waals surface area contributed by atoms with Gasteiger partial charge in [0.1, 0.15) is 5.82 Å². The summed E-state index contributed by atoms with van der Waals surface area (Å²) in [5.74, 6) is 1.78. The number of amides is 1. The van der Waals surface area contributed by atoms with E-state index in [4.69, 9.17) is 9.72 Å². The normalized spacial score (nSPS) is 20.0. The van der Waals surface area contributed by atoms with E-state index in [-0.39, 0.29) is 11.9 Å². The highest BCUT2D eigenvalue weighted by atomic mass is 16.5. The molecule has 2 aromatic rings. The zero-order valence-corrected chi connectivity index (χ0v) is 16.0. The van der Waals surface area contributed by atoms with E-state index in [1.54, 1.807) is 13.3 Å². The molecule has 0 spiro atoms. The number of aromatic nitrogens is 3. The van der Waals surface area contributed by atoms with Gasteiger partial charge >= 0.3 is 0 Å². The van der Waals surface area contributed by atoms with Gasteiger partial charge in [-0.25, -0.2) is 9.97 Å². The molecule has 3 heterocycles. The van der Waals surface area contributed by atoms with Gasteiger partial charge in [-0.05, 0) is 32.3 Å². The fourth-order valence-electron chi connectivity index (χ4n) is 3.84. The molecule has 2 aliphatic rings. The van der Waals surface area contributed by atoms with Crippen molar-refractivity contribution >= 4 is 5.91 Å². The Bertz CT molecular complexity index is 814. The van der Waals surface area contributed by atoms with Crippen molar-refractivity contribution in [2.45, 2.75) is 57.8 Å². The molecule has 27 heavy (non-hydrogen) atoms. The zero-order valence-electron chi connectivity index (χ0n) is 16.0. The maximum atomic E-state index is 12.2. The third-order valence-electron chi connectivity index (χ3n) is 5.64. The number of pyridine rings is 1. The molecule has 1 amide bonds. The van der Waals surface area contributed by atoms with Gasteiger partial charge in [0, 0.05) is 43.6 Å². The van der Waals surface area contributed by atoms with Crippen LogP contribution in [0.25, 0.3) is 0 Å². The molecule has 7 heteroatoms. The topological polar surface area (TPSA) is 72.3 Å². The van der Waals surface area contributed by atoms with Gasteiger partial charge in [0.2, 0.25) is 11.8 Å². The molecular formula is C20H27N5O2. The molecule has 0 saturated heterocycles. The minimum absolute atomic E-state index is 0.0831. The number of ether oxygens (including phenoxy) is 1. The van der Waals surface area contributed by atoms with Crippen LogP contribution in [0.1, 0.15) is 49.3 Å². The fourth-order valence-corrected chi connectivity index (χ4v) is 3.84. The van der Waals surface area contributed by atoms with Crippen LogP contribution < -0.4 is 10.1 Å². The van der Waals surface area contributed by atoms with Crippen LogP contribution in [0.5, 0.6) is 5.88 Å². The van der Waals surface area contributed by atoms with Crippen molar-refractivity contribution in [3.63, 3.8) is 0 Å². The number of hydrogen-bond acceptors (Lipinski definition) is 5. The van der Waals surface area contributed by atoms with Gasteiger partial charge in [0.25, 0.3) is 0 Å². The van der Waals surface area contributed by atoms with Crippen LogP contribution in [-0.4, -0.2) is 45.0 Å². The molecule has 2 aromatic heterocycles. The SMILES string of the molecule is COc1ncccc1CN1CCn2cc(CC(=O)NC3CCC3)nc2[C@@H]1C. The molecule has 1 aliphatic heterocycles. The number of nitrogens with one attached hydrogen (secondary N) is 1. The highest BCUT2D eigenvalue weighted by molar-refractivity contribution is 5.78. The number of carbonyl (C=O) groups is 1. The van der Waals surface area contributed by atoms with Crippen LogP contribution in [0.4, 0.5) is 0 Å². The minimum atomic E-state index is 0.0831. The highest BCUT2D eigenvalue weighted by Crippen LogP contribution is 2.28. The van der Waals surface area contributed by atoms with E-state index in [9.17, 15) is 4.79 Å². The Balaban J connectivity index is 1.43. The Morgan fingerprint density at radius 2 is 2.22 bits per heavy atom. The lowest BCUT2D eigenvalue weighted by molar-refractivity contribution is -0.121. The molecule has 7 nitrogen and oxygen atoms in total. The van der Waals surface area contributed by atoms with Crippen LogP contribution in [-0.2, 0) is 24.3 Å². The number of imidazole rings is 1. The van der Waals surface area contributed by atoms with E-state index in [2.05, 4.69) is 32.8 Å². The molecule has 1 fully saturated rings. The molecule has 4 rings (SSSR count). The van der Waals surface area contributed by atoms with Crippen LogP contribution in [0.2, 0.25) is 0 Å². The fraction of sp³-hybridized carbons (Fsp3) is 0.550. The Hall–Kier alpha value is -2.41. The molecule has 0 unspecified atom stereocenters.